The largest absolute Gasteiger partial charge is 0.0984 e. The molecule has 0 fully saturated rings. The Morgan fingerprint density at radius 1 is 0.824 bits per heavy atom. The van der Waals surface area contributed by atoms with Gasteiger partial charge in [-0.05, 0) is 29.3 Å². The zero-order valence-electron chi connectivity index (χ0n) is 9.60. The summed E-state index contributed by atoms with van der Waals surface area (Å²) in [4.78, 5) is 2.44. The molecule has 0 spiro atoms. The van der Waals surface area contributed by atoms with Crippen molar-refractivity contribution in [2.45, 2.75) is 9.79 Å². The first kappa shape index (κ1) is 11.7. The van der Waals surface area contributed by atoms with E-state index in [9.17, 15) is 0 Å². The van der Waals surface area contributed by atoms with E-state index in [0.717, 1.165) is 11.1 Å². The number of benzene rings is 2. The maximum absolute atomic E-state index is 3.88. The third-order valence-electron chi connectivity index (χ3n) is 2.49. The Morgan fingerprint density at radius 3 is 2.24 bits per heavy atom. The van der Waals surface area contributed by atoms with Crippen molar-refractivity contribution in [3.05, 3.63) is 72.8 Å². The summed E-state index contributed by atoms with van der Waals surface area (Å²) < 4.78 is 0. The molecule has 2 rings (SSSR count). The molecule has 0 radical (unpaired) electrons. The minimum Gasteiger partial charge on any atom is -0.0984 e. The monoisotopic (exact) mass is 238 g/mol. The minimum atomic E-state index is 1.13. The third-order valence-corrected chi connectivity index (χ3v) is 3.58. The molecule has 2 aromatic carbocycles. The second-order valence-electron chi connectivity index (χ2n) is 3.58. The van der Waals surface area contributed by atoms with Gasteiger partial charge >= 0.3 is 0 Å². The van der Waals surface area contributed by atoms with E-state index >= 15 is 0 Å². The van der Waals surface area contributed by atoms with Crippen LogP contribution < -0.4 is 0 Å². The van der Waals surface area contributed by atoms with Crippen LogP contribution in [0.1, 0.15) is 11.1 Å². The molecule has 0 nitrogen and oxygen atoms in total. The van der Waals surface area contributed by atoms with Crippen molar-refractivity contribution in [3.8, 4) is 0 Å². The topological polar surface area (TPSA) is 0 Å². The molecule has 0 aliphatic carbocycles. The summed E-state index contributed by atoms with van der Waals surface area (Å²) in [6, 6.07) is 16.6. The van der Waals surface area contributed by atoms with Gasteiger partial charge in [-0.1, -0.05) is 67.4 Å². The van der Waals surface area contributed by atoms with Crippen LogP contribution in [0.2, 0.25) is 0 Å². The van der Waals surface area contributed by atoms with Crippen molar-refractivity contribution >= 4 is 23.9 Å². The van der Waals surface area contributed by atoms with Gasteiger partial charge in [-0.3, -0.25) is 0 Å². The summed E-state index contributed by atoms with van der Waals surface area (Å²) in [7, 11) is 0. The average molecular weight is 238 g/mol. The lowest BCUT2D eigenvalue weighted by Crippen LogP contribution is -1.84. The summed E-state index contributed by atoms with van der Waals surface area (Å²) in [6.07, 6.45) is 3.76. The Kier molecular flexibility index (Phi) is 3.84. The second kappa shape index (κ2) is 5.55. The lowest BCUT2D eigenvalue weighted by atomic mass is 10.1. The standard InChI is InChI=1S/C16H14S/c1-3-13-9-8-12-16(15(13)4-2)17-14-10-6-5-7-11-14/h3-12H,1-2H2. The highest BCUT2D eigenvalue weighted by atomic mass is 32.2. The van der Waals surface area contributed by atoms with Crippen LogP contribution >= 0.6 is 11.8 Å². The maximum Gasteiger partial charge on any atom is 0.0200 e. The third kappa shape index (κ3) is 2.69. The lowest BCUT2D eigenvalue weighted by Gasteiger charge is -2.08. The fraction of sp³-hybridized carbons (Fsp3) is 0. The number of rotatable bonds is 4. The molecule has 0 N–H and O–H groups in total. The molecule has 0 aliphatic heterocycles. The number of hydrogen-bond acceptors (Lipinski definition) is 1. The molecule has 0 amide bonds. The highest BCUT2D eigenvalue weighted by Gasteiger charge is 2.04. The van der Waals surface area contributed by atoms with Gasteiger partial charge in [0.2, 0.25) is 0 Å². The summed E-state index contributed by atoms with van der Waals surface area (Å²) >= 11 is 1.75. The highest BCUT2D eigenvalue weighted by molar-refractivity contribution is 7.99. The van der Waals surface area contributed by atoms with Crippen molar-refractivity contribution in [1.82, 2.24) is 0 Å². The zero-order chi connectivity index (χ0) is 12.1. The van der Waals surface area contributed by atoms with Gasteiger partial charge in [0.1, 0.15) is 0 Å². The first-order chi connectivity index (χ1) is 8.35. The van der Waals surface area contributed by atoms with Crippen LogP contribution in [-0.2, 0) is 0 Å². The van der Waals surface area contributed by atoms with Gasteiger partial charge in [-0.15, -0.1) is 0 Å². The molecular weight excluding hydrogens is 224 g/mol. The van der Waals surface area contributed by atoms with Gasteiger partial charge in [0, 0.05) is 9.79 Å². The molecule has 84 valence electrons. The predicted molar refractivity (Wildman–Crippen MR) is 77.2 cm³/mol. The van der Waals surface area contributed by atoms with Gasteiger partial charge in [-0.2, -0.15) is 0 Å². The Bertz CT molecular complexity index is 526. The van der Waals surface area contributed by atoms with Crippen LogP contribution in [0.15, 0.2) is 71.5 Å². The SMILES string of the molecule is C=Cc1cccc(Sc2ccccc2)c1C=C. The zero-order valence-corrected chi connectivity index (χ0v) is 10.4. The summed E-state index contributed by atoms with van der Waals surface area (Å²) in [5.41, 5.74) is 2.28. The molecule has 0 atom stereocenters. The highest BCUT2D eigenvalue weighted by Crippen LogP contribution is 2.32. The van der Waals surface area contributed by atoms with Crippen LogP contribution in [0.4, 0.5) is 0 Å². The first-order valence-corrected chi connectivity index (χ1v) is 6.27. The minimum absolute atomic E-state index is 1.13. The molecule has 0 saturated carbocycles. The molecule has 0 aliphatic rings. The smallest absolute Gasteiger partial charge is 0.0200 e. The predicted octanol–water partition coefficient (Wildman–Crippen LogP) is 5.12. The van der Waals surface area contributed by atoms with Crippen LogP contribution in [0, 0.1) is 0 Å². The van der Waals surface area contributed by atoms with Crippen LogP contribution in [-0.4, -0.2) is 0 Å². The number of hydrogen-bond donors (Lipinski definition) is 0. The summed E-state index contributed by atoms with van der Waals surface area (Å²) in [5, 5.41) is 0. The molecule has 1 heteroatoms. The molecule has 0 bridgehead atoms. The molecule has 0 unspecified atom stereocenters. The van der Waals surface area contributed by atoms with E-state index in [1.807, 2.05) is 30.4 Å². The normalized spacial score (nSPS) is 9.88. The maximum atomic E-state index is 3.88. The molecule has 2 aromatic rings. The van der Waals surface area contributed by atoms with Crippen molar-refractivity contribution in [3.63, 3.8) is 0 Å². The molecule has 17 heavy (non-hydrogen) atoms. The molecule has 0 heterocycles. The van der Waals surface area contributed by atoms with E-state index in [4.69, 9.17) is 0 Å². The van der Waals surface area contributed by atoms with Crippen molar-refractivity contribution in [2.24, 2.45) is 0 Å². The van der Waals surface area contributed by atoms with E-state index in [0.29, 0.717) is 0 Å². The van der Waals surface area contributed by atoms with Crippen molar-refractivity contribution < 1.29 is 0 Å². The van der Waals surface area contributed by atoms with Crippen LogP contribution in [0.25, 0.3) is 12.2 Å². The van der Waals surface area contributed by atoms with E-state index < -0.39 is 0 Å². The molecule has 0 saturated heterocycles. The lowest BCUT2D eigenvalue weighted by molar-refractivity contribution is 1.37. The summed E-state index contributed by atoms with van der Waals surface area (Å²) in [5.74, 6) is 0. The Morgan fingerprint density at radius 2 is 1.59 bits per heavy atom. The van der Waals surface area contributed by atoms with Gasteiger partial charge in [0.25, 0.3) is 0 Å². The quantitative estimate of drug-likeness (QED) is 0.712. The van der Waals surface area contributed by atoms with E-state index in [-0.39, 0.29) is 0 Å². The second-order valence-corrected chi connectivity index (χ2v) is 4.70. The van der Waals surface area contributed by atoms with Crippen LogP contribution in [0.3, 0.4) is 0 Å². The fourth-order valence-electron chi connectivity index (χ4n) is 1.66. The van der Waals surface area contributed by atoms with Gasteiger partial charge in [0.05, 0.1) is 0 Å². The van der Waals surface area contributed by atoms with E-state index in [1.54, 1.807) is 11.8 Å². The molecule has 0 aromatic heterocycles. The fourth-order valence-corrected chi connectivity index (χ4v) is 2.67. The molecular formula is C16H14S. The van der Waals surface area contributed by atoms with E-state index in [2.05, 4.69) is 43.5 Å². The van der Waals surface area contributed by atoms with Gasteiger partial charge in [-0.25, -0.2) is 0 Å². The Hall–Kier alpha value is -1.73. The van der Waals surface area contributed by atoms with Gasteiger partial charge < -0.3 is 0 Å². The van der Waals surface area contributed by atoms with Crippen molar-refractivity contribution in [2.75, 3.05) is 0 Å². The van der Waals surface area contributed by atoms with Crippen molar-refractivity contribution in [1.29, 1.82) is 0 Å². The average Bonchev–Trinajstić information content (AvgIpc) is 2.39. The first-order valence-electron chi connectivity index (χ1n) is 5.46. The summed E-state index contributed by atoms with van der Waals surface area (Å²) in [6.45, 7) is 7.71. The van der Waals surface area contributed by atoms with Crippen LogP contribution in [0.5, 0.6) is 0 Å². The Balaban J connectivity index is 2.39. The Labute approximate surface area is 107 Å². The van der Waals surface area contributed by atoms with Gasteiger partial charge in [0.15, 0.2) is 0 Å². The van der Waals surface area contributed by atoms with E-state index in [1.165, 1.54) is 9.79 Å².